The van der Waals surface area contributed by atoms with E-state index < -0.39 is 31.9 Å². The number of nitrogens with zero attached hydrogens (tertiary/aromatic N) is 2. The zero-order chi connectivity index (χ0) is 20.1. The summed E-state index contributed by atoms with van der Waals surface area (Å²) in [6.07, 6.45) is 1.56. The Morgan fingerprint density at radius 3 is 2.36 bits per heavy atom. The molecule has 0 N–H and O–H groups in total. The normalized spacial score (nSPS) is 21.6. The first-order valence-electron chi connectivity index (χ1n) is 8.99. The van der Waals surface area contributed by atoms with E-state index in [2.05, 4.69) is 0 Å². The van der Waals surface area contributed by atoms with Crippen molar-refractivity contribution in [2.75, 3.05) is 20.9 Å². The third-order valence-corrected chi connectivity index (χ3v) is 8.78. The summed E-state index contributed by atoms with van der Waals surface area (Å²) in [4.78, 5) is 12.3. The van der Waals surface area contributed by atoms with E-state index in [1.165, 1.54) is 28.6 Å². The second kappa shape index (κ2) is 6.59. The minimum Gasteiger partial charge on any atom is -0.273 e. The fraction of sp³-hybridized carbons (Fsp3) is 0.316. The van der Waals surface area contributed by atoms with Crippen molar-refractivity contribution in [2.24, 2.45) is 5.92 Å². The second-order valence-electron chi connectivity index (χ2n) is 7.09. The molecule has 0 spiro atoms. The van der Waals surface area contributed by atoms with Crippen molar-refractivity contribution in [3.63, 3.8) is 0 Å². The highest BCUT2D eigenvalue weighted by atomic mass is 32.2. The molecule has 2 aromatic carbocycles. The Balaban J connectivity index is 1.69. The predicted molar refractivity (Wildman–Crippen MR) is 106 cm³/mol. The number of hydrogen-bond donors (Lipinski definition) is 0. The fourth-order valence-corrected chi connectivity index (χ4v) is 7.08. The van der Waals surface area contributed by atoms with Crippen LogP contribution in [0, 0.1) is 5.92 Å². The van der Waals surface area contributed by atoms with Gasteiger partial charge in [0, 0.05) is 6.54 Å². The molecule has 1 atom stereocenters. The number of aryl methyl sites for hydroxylation is 1. The van der Waals surface area contributed by atoms with Gasteiger partial charge in [-0.1, -0.05) is 25.1 Å². The molecule has 1 amide bonds. The summed E-state index contributed by atoms with van der Waals surface area (Å²) in [7, 11) is -7.51. The summed E-state index contributed by atoms with van der Waals surface area (Å²) in [6.45, 7) is 1.95. The van der Waals surface area contributed by atoms with Gasteiger partial charge in [-0.05, 0) is 48.7 Å². The van der Waals surface area contributed by atoms with Gasteiger partial charge in [0.05, 0.1) is 27.9 Å². The van der Waals surface area contributed by atoms with Crippen molar-refractivity contribution in [3.8, 4) is 0 Å². The quantitative estimate of drug-likeness (QED) is 0.759. The Kier molecular flexibility index (Phi) is 4.46. The van der Waals surface area contributed by atoms with Gasteiger partial charge in [0.25, 0.3) is 10.0 Å². The van der Waals surface area contributed by atoms with Crippen LogP contribution in [0.3, 0.4) is 0 Å². The molecule has 0 bridgehead atoms. The Labute approximate surface area is 164 Å². The molecule has 1 unspecified atom stereocenters. The second-order valence-corrected chi connectivity index (χ2v) is 10.8. The standard InChI is InChI=1S/C19H20N2O5S2/c1-14-13-27(23,24)21(19(14)22)16-8-10-17(11-9-16)28(25,26)20-12-4-6-15-5-2-3-7-18(15)20/h2-3,5,7-11,14H,4,6,12-13H2,1H3. The Morgan fingerprint density at radius 1 is 1.04 bits per heavy atom. The minimum atomic E-state index is -3.79. The lowest BCUT2D eigenvalue weighted by Crippen LogP contribution is -2.35. The fourth-order valence-electron chi connectivity index (χ4n) is 3.72. The SMILES string of the molecule is CC1CS(=O)(=O)N(c2ccc(S(=O)(=O)N3CCCc4ccccc43)cc2)C1=O. The molecule has 9 heteroatoms. The summed E-state index contributed by atoms with van der Waals surface area (Å²) in [6, 6.07) is 12.9. The van der Waals surface area contributed by atoms with Crippen LogP contribution in [0.15, 0.2) is 53.4 Å². The maximum atomic E-state index is 13.2. The van der Waals surface area contributed by atoms with Crippen LogP contribution >= 0.6 is 0 Å². The zero-order valence-electron chi connectivity index (χ0n) is 15.3. The predicted octanol–water partition coefficient (Wildman–Crippen LogP) is 2.14. The number of fused-ring (bicyclic) bond motifs is 1. The van der Waals surface area contributed by atoms with Gasteiger partial charge in [0.2, 0.25) is 15.9 Å². The van der Waals surface area contributed by atoms with Crippen molar-refractivity contribution < 1.29 is 21.6 Å². The van der Waals surface area contributed by atoms with E-state index in [0.717, 1.165) is 22.7 Å². The lowest BCUT2D eigenvalue weighted by atomic mass is 10.0. The summed E-state index contributed by atoms with van der Waals surface area (Å²) in [5, 5.41) is 0. The van der Waals surface area contributed by atoms with Crippen molar-refractivity contribution in [2.45, 2.75) is 24.7 Å². The highest BCUT2D eigenvalue weighted by molar-refractivity contribution is 7.94. The number of benzene rings is 2. The number of rotatable bonds is 3. The summed E-state index contributed by atoms with van der Waals surface area (Å²) in [5.74, 6) is -1.35. The lowest BCUT2D eigenvalue weighted by molar-refractivity contribution is -0.119. The van der Waals surface area contributed by atoms with Gasteiger partial charge in [-0.15, -0.1) is 0 Å². The number of sulfonamides is 2. The molecule has 2 aliphatic rings. The molecule has 28 heavy (non-hydrogen) atoms. The van der Waals surface area contributed by atoms with Gasteiger partial charge in [-0.2, -0.15) is 0 Å². The molecule has 0 saturated carbocycles. The molecule has 2 aromatic rings. The number of carbonyl (C=O) groups excluding carboxylic acids is 1. The lowest BCUT2D eigenvalue weighted by Gasteiger charge is -2.30. The third-order valence-electron chi connectivity index (χ3n) is 5.09. The van der Waals surface area contributed by atoms with E-state index in [0.29, 0.717) is 12.2 Å². The Morgan fingerprint density at radius 2 is 1.71 bits per heavy atom. The van der Waals surface area contributed by atoms with Crippen LogP contribution in [0.2, 0.25) is 0 Å². The number of anilines is 2. The van der Waals surface area contributed by atoms with E-state index in [1.807, 2.05) is 12.1 Å². The van der Waals surface area contributed by atoms with E-state index in [-0.39, 0.29) is 16.3 Å². The molecule has 1 saturated heterocycles. The van der Waals surface area contributed by atoms with Crippen molar-refractivity contribution in [1.29, 1.82) is 0 Å². The van der Waals surface area contributed by atoms with Crippen LogP contribution in [0.25, 0.3) is 0 Å². The molecule has 7 nitrogen and oxygen atoms in total. The molecule has 148 valence electrons. The average Bonchev–Trinajstić information content (AvgIpc) is 2.88. The van der Waals surface area contributed by atoms with Crippen LogP contribution < -0.4 is 8.61 Å². The van der Waals surface area contributed by atoms with Crippen molar-refractivity contribution in [1.82, 2.24) is 0 Å². The highest BCUT2D eigenvalue weighted by Gasteiger charge is 2.42. The van der Waals surface area contributed by atoms with Crippen LogP contribution in [0.1, 0.15) is 18.9 Å². The molecular weight excluding hydrogens is 400 g/mol. The van der Waals surface area contributed by atoms with E-state index >= 15 is 0 Å². The smallest absolute Gasteiger partial charge is 0.264 e. The van der Waals surface area contributed by atoms with Crippen LogP contribution in [-0.2, 0) is 31.3 Å². The van der Waals surface area contributed by atoms with Gasteiger partial charge in [0.1, 0.15) is 0 Å². The van der Waals surface area contributed by atoms with Crippen LogP contribution in [0.5, 0.6) is 0 Å². The van der Waals surface area contributed by atoms with Crippen LogP contribution in [0.4, 0.5) is 11.4 Å². The number of hydrogen-bond acceptors (Lipinski definition) is 5. The van der Waals surface area contributed by atoms with Gasteiger partial charge in [-0.25, -0.2) is 21.1 Å². The van der Waals surface area contributed by atoms with E-state index in [9.17, 15) is 21.6 Å². The topological polar surface area (TPSA) is 91.8 Å². The van der Waals surface area contributed by atoms with E-state index in [1.54, 1.807) is 19.1 Å². The van der Waals surface area contributed by atoms with Crippen molar-refractivity contribution in [3.05, 3.63) is 54.1 Å². The van der Waals surface area contributed by atoms with Crippen molar-refractivity contribution >= 4 is 37.3 Å². The Bertz CT molecular complexity index is 1140. The Hall–Kier alpha value is -2.39. The zero-order valence-corrected chi connectivity index (χ0v) is 16.9. The first-order valence-corrected chi connectivity index (χ1v) is 12.0. The molecule has 2 heterocycles. The van der Waals surface area contributed by atoms with Crippen LogP contribution in [-0.4, -0.2) is 35.0 Å². The monoisotopic (exact) mass is 420 g/mol. The average molecular weight is 421 g/mol. The third kappa shape index (κ3) is 2.98. The molecule has 0 aliphatic carbocycles. The van der Waals surface area contributed by atoms with Gasteiger partial charge in [0.15, 0.2) is 0 Å². The molecular formula is C19H20N2O5S2. The molecule has 4 rings (SSSR count). The number of para-hydroxylation sites is 1. The number of carbonyl (C=O) groups is 1. The first kappa shape index (κ1) is 18.9. The summed E-state index contributed by atoms with van der Waals surface area (Å²) in [5.41, 5.74) is 1.81. The first-order chi connectivity index (χ1) is 13.2. The van der Waals surface area contributed by atoms with Gasteiger partial charge < -0.3 is 0 Å². The molecule has 0 radical (unpaired) electrons. The molecule has 2 aliphatic heterocycles. The maximum absolute atomic E-state index is 13.2. The summed E-state index contributed by atoms with van der Waals surface area (Å²) >= 11 is 0. The molecule has 1 fully saturated rings. The van der Waals surface area contributed by atoms with Gasteiger partial charge in [-0.3, -0.25) is 9.10 Å². The maximum Gasteiger partial charge on any atom is 0.264 e. The summed E-state index contributed by atoms with van der Waals surface area (Å²) < 4.78 is 52.9. The number of amides is 1. The minimum absolute atomic E-state index is 0.0602. The molecule has 0 aromatic heterocycles. The van der Waals surface area contributed by atoms with E-state index in [4.69, 9.17) is 0 Å². The highest BCUT2D eigenvalue weighted by Crippen LogP contribution is 2.33. The van der Waals surface area contributed by atoms with Gasteiger partial charge >= 0.3 is 0 Å². The largest absolute Gasteiger partial charge is 0.273 e.